The molecule has 0 rings (SSSR count). The third-order valence-electron chi connectivity index (χ3n) is 1.85. The first-order valence-electron chi connectivity index (χ1n) is 4.57. The van der Waals surface area contributed by atoms with Gasteiger partial charge in [-0.2, -0.15) is 11.8 Å². The van der Waals surface area contributed by atoms with Gasteiger partial charge in [0.15, 0.2) is 0 Å². The van der Waals surface area contributed by atoms with Gasteiger partial charge in [-0.1, -0.05) is 6.92 Å². The van der Waals surface area contributed by atoms with Crippen molar-refractivity contribution in [2.45, 2.75) is 19.4 Å². The van der Waals surface area contributed by atoms with Crippen LogP contribution in [0.1, 0.15) is 13.3 Å². The Morgan fingerprint density at radius 2 is 2.08 bits per heavy atom. The second-order valence-corrected chi connectivity index (χ2v) is 4.23. The number of hydrogen-bond acceptors (Lipinski definition) is 3. The minimum absolute atomic E-state index is 0.694. The molecule has 0 aromatic carbocycles. The molecule has 0 heterocycles. The van der Waals surface area contributed by atoms with E-state index in [1.165, 1.54) is 12.2 Å². The Morgan fingerprint density at radius 3 is 2.50 bits per heavy atom. The van der Waals surface area contributed by atoms with Crippen molar-refractivity contribution in [2.75, 3.05) is 39.2 Å². The summed E-state index contributed by atoms with van der Waals surface area (Å²) in [5.74, 6) is 1.23. The van der Waals surface area contributed by atoms with Gasteiger partial charge in [0.2, 0.25) is 0 Å². The molecule has 0 saturated carbocycles. The van der Waals surface area contributed by atoms with Crippen molar-refractivity contribution in [3.63, 3.8) is 0 Å². The first kappa shape index (κ1) is 12.3. The van der Waals surface area contributed by atoms with Crippen LogP contribution < -0.4 is 5.32 Å². The summed E-state index contributed by atoms with van der Waals surface area (Å²) in [6.45, 7) is 4.47. The third kappa shape index (κ3) is 6.95. The van der Waals surface area contributed by atoms with E-state index in [1.807, 2.05) is 11.8 Å². The summed E-state index contributed by atoms with van der Waals surface area (Å²) in [6, 6.07) is 0.694. The van der Waals surface area contributed by atoms with Crippen LogP contribution >= 0.6 is 11.8 Å². The Hall–Kier alpha value is 0.270. The quantitative estimate of drug-likeness (QED) is 0.651. The fourth-order valence-electron chi connectivity index (χ4n) is 1.01. The van der Waals surface area contributed by atoms with Crippen molar-refractivity contribution in [1.29, 1.82) is 0 Å². The lowest BCUT2D eigenvalue weighted by Gasteiger charge is -2.17. The van der Waals surface area contributed by atoms with Crippen molar-refractivity contribution in [1.82, 2.24) is 10.2 Å². The molecule has 74 valence electrons. The highest BCUT2D eigenvalue weighted by atomic mass is 32.2. The average Bonchev–Trinajstić information content (AvgIpc) is 2.02. The van der Waals surface area contributed by atoms with Gasteiger partial charge in [-0.25, -0.2) is 0 Å². The Kier molecular flexibility index (Phi) is 8.07. The van der Waals surface area contributed by atoms with Crippen LogP contribution in [0.15, 0.2) is 0 Å². The molecule has 0 radical (unpaired) electrons. The minimum atomic E-state index is 0.694. The number of rotatable bonds is 7. The number of thioether (sulfide) groups is 1. The zero-order chi connectivity index (χ0) is 9.40. The maximum atomic E-state index is 3.54. The van der Waals surface area contributed by atoms with E-state index < -0.39 is 0 Å². The van der Waals surface area contributed by atoms with Crippen LogP contribution in [0, 0.1) is 0 Å². The van der Waals surface area contributed by atoms with E-state index in [0.29, 0.717) is 6.04 Å². The molecule has 0 spiro atoms. The lowest BCUT2D eigenvalue weighted by atomic mass is 10.2. The van der Waals surface area contributed by atoms with E-state index in [-0.39, 0.29) is 0 Å². The van der Waals surface area contributed by atoms with Gasteiger partial charge in [0.25, 0.3) is 0 Å². The molecule has 12 heavy (non-hydrogen) atoms. The summed E-state index contributed by atoms with van der Waals surface area (Å²) >= 11 is 1.92. The maximum absolute atomic E-state index is 3.54. The SMILES string of the molecule is CCC(CSC)NCCN(C)C. The van der Waals surface area contributed by atoms with E-state index in [0.717, 1.165) is 13.1 Å². The molecule has 0 aromatic rings. The van der Waals surface area contributed by atoms with Crippen LogP contribution in [0.5, 0.6) is 0 Å². The van der Waals surface area contributed by atoms with Crippen molar-refractivity contribution in [2.24, 2.45) is 0 Å². The summed E-state index contributed by atoms with van der Waals surface area (Å²) < 4.78 is 0. The van der Waals surface area contributed by atoms with Crippen LogP contribution in [0.25, 0.3) is 0 Å². The van der Waals surface area contributed by atoms with Crippen molar-refractivity contribution >= 4 is 11.8 Å². The summed E-state index contributed by atoms with van der Waals surface area (Å²) in [5, 5.41) is 3.54. The van der Waals surface area contributed by atoms with Crippen LogP contribution in [0.3, 0.4) is 0 Å². The molecular formula is C9H22N2S. The fourth-order valence-corrected chi connectivity index (χ4v) is 1.77. The Labute approximate surface area is 81.1 Å². The predicted octanol–water partition coefficient (Wildman–Crippen LogP) is 1.28. The first-order chi connectivity index (χ1) is 5.70. The predicted molar refractivity (Wildman–Crippen MR) is 59.0 cm³/mol. The molecule has 0 aliphatic carbocycles. The smallest absolute Gasteiger partial charge is 0.0156 e. The second-order valence-electron chi connectivity index (χ2n) is 3.32. The number of hydrogen-bond donors (Lipinski definition) is 1. The summed E-state index contributed by atoms with van der Waals surface area (Å²) in [7, 11) is 4.22. The Bertz CT molecular complexity index is 96.5. The number of nitrogens with zero attached hydrogens (tertiary/aromatic N) is 1. The lowest BCUT2D eigenvalue weighted by molar-refractivity contribution is 0.386. The highest BCUT2D eigenvalue weighted by molar-refractivity contribution is 7.98. The molecule has 1 atom stereocenters. The number of likely N-dealkylation sites (N-methyl/N-ethyl adjacent to an activating group) is 1. The first-order valence-corrected chi connectivity index (χ1v) is 5.97. The number of nitrogens with one attached hydrogen (secondary N) is 1. The minimum Gasteiger partial charge on any atom is -0.312 e. The lowest BCUT2D eigenvalue weighted by Crippen LogP contribution is -2.35. The van der Waals surface area contributed by atoms with E-state index in [1.54, 1.807) is 0 Å². The zero-order valence-corrected chi connectivity index (χ0v) is 9.58. The van der Waals surface area contributed by atoms with Gasteiger partial charge in [0.1, 0.15) is 0 Å². The average molecular weight is 190 g/mol. The molecule has 0 aliphatic heterocycles. The van der Waals surface area contributed by atoms with Crippen molar-refractivity contribution in [3.8, 4) is 0 Å². The van der Waals surface area contributed by atoms with Gasteiger partial charge >= 0.3 is 0 Å². The van der Waals surface area contributed by atoms with Gasteiger partial charge in [0.05, 0.1) is 0 Å². The third-order valence-corrected chi connectivity index (χ3v) is 2.59. The van der Waals surface area contributed by atoms with Gasteiger partial charge in [0, 0.05) is 24.9 Å². The molecule has 1 unspecified atom stereocenters. The molecule has 3 heteroatoms. The fraction of sp³-hybridized carbons (Fsp3) is 1.00. The Morgan fingerprint density at radius 1 is 1.42 bits per heavy atom. The molecule has 0 fully saturated rings. The second kappa shape index (κ2) is 7.90. The van der Waals surface area contributed by atoms with E-state index in [2.05, 4.69) is 37.5 Å². The molecule has 1 N–H and O–H groups in total. The van der Waals surface area contributed by atoms with Crippen molar-refractivity contribution < 1.29 is 0 Å². The summed E-state index contributed by atoms with van der Waals surface area (Å²) in [4.78, 5) is 2.21. The van der Waals surface area contributed by atoms with Crippen LogP contribution in [-0.2, 0) is 0 Å². The maximum Gasteiger partial charge on any atom is 0.0156 e. The molecule has 0 aliphatic rings. The van der Waals surface area contributed by atoms with Crippen LogP contribution in [0.4, 0.5) is 0 Å². The van der Waals surface area contributed by atoms with Gasteiger partial charge in [-0.05, 0) is 26.8 Å². The largest absolute Gasteiger partial charge is 0.312 e. The normalized spacial score (nSPS) is 13.8. The van der Waals surface area contributed by atoms with Crippen molar-refractivity contribution in [3.05, 3.63) is 0 Å². The van der Waals surface area contributed by atoms with Gasteiger partial charge in [-0.3, -0.25) is 0 Å². The standard InChI is InChI=1S/C9H22N2S/c1-5-9(8-12-4)10-6-7-11(2)3/h9-10H,5-8H2,1-4H3. The van der Waals surface area contributed by atoms with Crippen LogP contribution in [-0.4, -0.2) is 50.1 Å². The Balaban J connectivity index is 3.31. The molecule has 0 aromatic heterocycles. The molecule has 0 amide bonds. The molecular weight excluding hydrogens is 168 g/mol. The highest BCUT2D eigenvalue weighted by Gasteiger charge is 2.02. The molecule has 0 bridgehead atoms. The van der Waals surface area contributed by atoms with Gasteiger partial charge < -0.3 is 10.2 Å². The molecule has 0 saturated heterocycles. The highest BCUT2D eigenvalue weighted by Crippen LogP contribution is 2.00. The molecule has 2 nitrogen and oxygen atoms in total. The summed E-state index contributed by atoms with van der Waals surface area (Å²) in [6.07, 6.45) is 3.39. The van der Waals surface area contributed by atoms with E-state index in [4.69, 9.17) is 0 Å². The van der Waals surface area contributed by atoms with Gasteiger partial charge in [-0.15, -0.1) is 0 Å². The monoisotopic (exact) mass is 190 g/mol. The van der Waals surface area contributed by atoms with Crippen LogP contribution in [0.2, 0.25) is 0 Å². The van der Waals surface area contributed by atoms with E-state index in [9.17, 15) is 0 Å². The zero-order valence-electron chi connectivity index (χ0n) is 8.76. The summed E-state index contributed by atoms with van der Waals surface area (Å²) in [5.41, 5.74) is 0. The topological polar surface area (TPSA) is 15.3 Å². The van der Waals surface area contributed by atoms with E-state index >= 15 is 0 Å².